The Morgan fingerprint density at radius 2 is 1.79 bits per heavy atom. The van der Waals surface area contributed by atoms with Crippen LogP contribution in [-0.4, -0.2) is 23.2 Å². The average Bonchev–Trinajstić information content (AvgIpc) is 2.67. The third kappa shape index (κ3) is 5.01. The zero-order valence-electron chi connectivity index (χ0n) is 17.2. The number of thiocarbonyl (C=S) groups is 1. The molecule has 3 aromatic rings. The largest absolute Gasteiger partial charge is 0.367 e. The van der Waals surface area contributed by atoms with Crippen molar-refractivity contribution < 1.29 is 0 Å². The second-order valence-electron chi connectivity index (χ2n) is 7.28. The average molecular weight is 404 g/mol. The molecule has 0 fully saturated rings. The number of hydrogen-bond donors (Lipinski definition) is 3. The molecular weight excluding hydrogens is 378 g/mol. The highest BCUT2D eigenvalue weighted by atomic mass is 32.1. The van der Waals surface area contributed by atoms with Crippen LogP contribution in [0.3, 0.4) is 0 Å². The normalized spacial score (nSPS) is 10.4. The maximum absolute atomic E-state index is 9.50. The van der Waals surface area contributed by atoms with E-state index in [4.69, 9.17) is 12.2 Å². The van der Waals surface area contributed by atoms with Gasteiger partial charge in [0.1, 0.15) is 11.9 Å². The van der Waals surface area contributed by atoms with Crippen LogP contribution < -0.4 is 16.0 Å². The highest BCUT2D eigenvalue weighted by Crippen LogP contribution is 2.24. The zero-order valence-corrected chi connectivity index (χ0v) is 18.0. The Labute approximate surface area is 177 Å². The van der Waals surface area contributed by atoms with Crippen LogP contribution in [0, 0.1) is 39.0 Å². The number of hydrogen-bond acceptors (Lipinski definition) is 4. The lowest BCUT2D eigenvalue weighted by atomic mass is 10.1. The van der Waals surface area contributed by atoms with E-state index in [0.29, 0.717) is 29.6 Å². The molecule has 5 nitrogen and oxygen atoms in total. The van der Waals surface area contributed by atoms with E-state index in [1.54, 1.807) is 0 Å². The molecule has 0 aliphatic rings. The van der Waals surface area contributed by atoms with E-state index >= 15 is 0 Å². The van der Waals surface area contributed by atoms with Gasteiger partial charge in [0, 0.05) is 24.2 Å². The van der Waals surface area contributed by atoms with E-state index in [1.165, 1.54) is 5.56 Å². The third-order valence-electron chi connectivity index (χ3n) is 4.72. The second kappa shape index (κ2) is 8.89. The summed E-state index contributed by atoms with van der Waals surface area (Å²) in [6, 6.07) is 14.5. The van der Waals surface area contributed by atoms with Gasteiger partial charge in [0.05, 0.1) is 11.1 Å². The molecule has 0 spiro atoms. The Bertz CT molecular complexity index is 1110. The number of pyridine rings is 1. The Hall–Kier alpha value is -3.17. The Morgan fingerprint density at radius 3 is 2.55 bits per heavy atom. The molecule has 2 aromatic carbocycles. The van der Waals surface area contributed by atoms with E-state index in [1.807, 2.05) is 26.8 Å². The summed E-state index contributed by atoms with van der Waals surface area (Å²) in [5.41, 5.74) is 7.04. The van der Waals surface area contributed by atoms with Crippen LogP contribution in [-0.2, 0) is 0 Å². The standard InChI is InChI=1S/C23H25N5S/c1-14-5-6-16(3)20(11-14)27-23(29)26-8-7-25-22-19(13-24)12-18-10-15(2)9-17(4)21(18)28-22/h5-6,9-12H,7-8H2,1-4H3,(H,25,28)(H2,26,27,29). The van der Waals surface area contributed by atoms with Gasteiger partial charge in [-0.05, 0) is 74.8 Å². The summed E-state index contributed by atoms with van der Waals surface area (Å²) in [5.74, 6) is 0.599. The maximum Gasteiger partial charge on any atom is 0.170 e. The van der Waals surface area contributed by atoms with Gasteiger partial charge in [-0.1, -0.05) is 23.8 Å². The SMILES string of the molecule is Cc1ccc(C)c(NC(=S)NCCNc2nc3c(C)cc(C)cc3cc2C#N)c1. The van der Waals surface area contributed by atoms with Crippen molar-refractivity contribution in [3.05, 3.63) is 64.2 Å². The van der Waals surface area contributed by atoms with Crippen molar-refractivity contribution in [1.29, 1.82) is 5.26 Å². The summed E-state index contributed by atoms with van der Waals surface area (Å²) in [7, 11) is 0. The molecule has 0 aliphatic heterocycles. The number of aromatic nitrogens is 1. The van der Waals surface area contributed by atoms with Gasteiger partial charge >= 0.3 is 0 Å². The van der Waals surface area contributed by atoms with Crippen molar-refractivity contribution >= 4 is 39.7 Å². The maximum atomic E-state index is 9.50. The third-order valence-corrected chi connectivity index (χ3v) is 4.96. The summed E-state index contributed by atoms with van der Waals surface area (Å²) < 4.78 is 0. The first-order chi connectivity index (χ1) is 13.9. The molecule has 1 heterocycles. The van der Waals surface area contributed by atoms with Gasteiger partial charge < -0.3 is 16.0 Å². The lowest BCUT2D eigenvalue weighted by Gasteiger charge is -2.14. The van der Waals surface area contributed by atoms with Crippen molar-refractivity contribution in [3.63, 3.8) is 0 Å². The van der Waals surface area contributed by atoms with Crippen LogP contribution in [0.2, 0.25) is 0 Å². The summed E-state index contributed by atoms with van der Waals surface area (Å²) >= 11 is 5.39. The number of anilines is 2. The van der Waals surface area contributed by atoms with E-state index in [-0.39, 0.29) is 0 Å². The monoisotopic (exact) mass is 403 g/mol. The molecular formula is C23H25N5S. The van der Waals surface area contributed by atoms with Crippen LogP contribution in [0.15, 0.2) is 36.4 Å². The van der Waals surface area contributed by atoms with Crippen LogP contribution >= 0.6 is 12.2 Å². The molecule has 3 rings (SSSR count). The molecule has 1 aromatic heterocycles. The topological polar surface area (TPSA) is 72.8 Å². The molecule has 0 radical (unpaired) electrons. The van der Waals surface area contributed by atoms with E-state index in [2.05, 4.69) is 64.3 Å². The number of rotatable bonds is 5. The predicted octanol–water partition coefficient (Wildman–Crippen LogP) is 4.74. The smallest absolute Gasteiger partial charge is 0.170 e. The summed E-state index contributed by atoms with van der Waals surface area (Å²) in [5, 5.41) is 20.7. The van der Waals surface area contributed by atoms with Crippen LogP contribution in [0.4, 0.5) is 11.5 Å². The molecule has 0 unspecified atom stereocenters. The first-order valence-electron chi connectivity index (χ1n) is 9.55. The van der Waals surface area contributed by atoms with Gasteiger partial charge in [-0.25, -0.2) is 4.98 Å². The highest BCUT2D eigenvalue weighted by molar-refractivity contribution is 7.80. The van der Waals surface area contributed by atoms with Crippen LogP contribution in [0.25, 0.3) is 10.9 Å². The summed E-state index contributed by atoms with van der Waals surface area (Å²) in [6.45, 7) is 9.38. The van der Waals surface area contributed by atoms with E-state index in [0.717, 1.165) is 33.3 Å². The van der Waals surface area contributed by atoms with Gasteiger partial charge in [-0.3, -0.25) is 0 Å². The number of benzene rings is 2. The predicted molar refractivity (Wildman–Crippen MR) is 125 cm³/mol. The Morgan fingerprint density at radius 1 is 1.00 bits per heavy atom. The molecule has 0 saturated carbocycles. The minimum atomic E-state index is 0.540. The minimum absolute atomic E-state index is 0.540. The lowest BCUT2D eigenvalue weighted by molar-refractivity contribution is 0.910. The van der Waals surface area contributed by atoms with Crippen molar-refractivity contribution in [3.8, 4) is 6.07 Å². The Balaban J connectivity index is 1.61. The molecule has 0 saturated heterocycles. The first kappa shape index (κ1) is 20.6. The van der Waals surface area contributed by atoms with Gasteiger partial charge in [0.15, 0.2) is 5.11 Å². The van der Waals surface area contributed by atoms with Crippen molar-refractivity contribution in [2.24, 2.45) is 0 Å². The molecule has 29 heavy (non-hydrogen) atoms. The fraction of sp³-hybridized carbons (Fsp3) is 0.261. The number of nitrogens with zero attached hydrogens (tertiary/aromatic N) is 2. The number of aryl methyl sites for hydroxylation is 4. The minimum Gasteiger partial charge on any atom is -0.367 e. The molecule has 0 bridgehead atoms. The van der Waals surface area contributed by atoms with Crippen molar-refractivity contribution in [1.82, 2.24) is 10.3 Å². The Kier molecular flexibility index (Phi) is 6.30. The second-order valence-corrected chi connectivity index (χ2v) is 7.68. The van der Waals surface area contributed by atoms with Gasteiger partial charge in [0.2, 0.25) is 0 Å². The molecule has 0 atom stereocenters. The quantitative estimate of drug-likeness (QED) is 0.422. The van der Waals surface area contributed by atoms with Crippen LogP contribution in [0.5, 0.6) is 0 Å². The van der Waals surface area contributed by atoms with E-state index < -0.39 is 0 Å². The number of fused-ring (bicyclic) bond motifs is 1. The molecule has 0 aliphatic carbocycles. The fourth-order valence-corrected chi connectivity index (χ4v) is 3.48. The fourth-order valence-electron chi connectivity index (χ4n) is 3.27. The number of nitriles is 1. The van der Waals surface area contributed by atoms with Gasteiger partial charge in [-0.2, -0.15) is 5.26 Å². The first-order valence-corrected chi connectivity index (χ1v) is 9.96. The van der Waals surface area contributed by atoms with Gasteiger partial charge in [0.25, 0.3) is 0 Å². The number of nitrogens with one attached hydrogen (secondary N) is 3. The lowest BCUT2D eigenvalue weighted by Crippen LogP contribution is -2.32. The molecule has 3 N–H and O–H groups in total. The molecule has 148 valence electrons. The molecule has 6 heteroatoms. The molecule has 0 amide bonds. The van der Waals surface area contributed by atoms with Crippen LogP contribution in [0.1, 0.15) is 27.8 Å². The van der Waals surface area contributed by atoms with Crippen molar-refractivity contribution in [2.45, 2.75) is 27.7 Å². The van der Waals surface area contributed by atoms with E-state index in [9.17, 15) is 5.26 Å². The highest BCUT2D eigenvalue weighted by Gasteiger charge is 2.09. The van der Waals surface area contributed by atoms with Gasteiger partial charge in [-0.15, -0.1) is 0 Å². The summed E-state index contributed by atoms with van der Waals surface area (Å²) in [4.78, 5) is 4.68. The summed E-state index contributed by atoms with van der Waals surface area (Å²) in [6.07, 6.45) is 0. The van der Waals surface area contributed by atoms with Crippen molar-refractivity contribution in [2.75, 3.05) is 23.7 Å². The zero-order chi connectivity index (χ0) is 21.0.